The van der Waals surface area contributed by atoms with Crippen LogP contribution in [0.3, 0.4) is 0 Å². The van der Waals surface area contributed by atoms with Crippen LogP contribution in [-0.2, 0) is 4.79 Å². The molecule has 9 nitrogen and oxygen atoms in total. The van der Waals surface area contributed by atoms with Gasteiger partial charge in [-0.2, -0.15) is 5.10 Å². The molecule has 0 aliphatic carbocycles. The van der Waals surface area contributed by atoms with Crippen LogP contribution in [0.4, 0.5) is 5.69 Å². The molecule has 4 rings (SSSR count). The zero-order chi connectivity index (χ0) is 27.6. The lowest BCUT2D eigenvalue weighted by molar-refractivity contribution is -0.118. The molecule has 0 spiro atoms. The Morgan fingerprint density at radius 3 is 2.46 bits per heavy atom. The van der Waals surface area contributed by atoms with Crippen LogP contribution < -0.4 is 15.1 Å². The van der Waals surface area contributed by atoms with Crippen molar-refractivity contribution in [3.8, 4) is 28.6 Å². The van der Waals surface area contributed by atoms with Crippen LogP contribution in [0.2, 0.25) is 0 Å². The number of ether oxygens (including phenoxy) is 1. The van der Waals surface area contributed by atoms with E-state index in [0.29, 0.717) is 23.2 Å². The molecule has 0 saturated carbocycles. The van der Waals surface area contributed by atoms with Crippen molar-refractivity contribution in [2.45, 2.75) is 25.9 Å². The Morgan fingerprint density at radius 1 is 1.05 bits per heavy atom. The predicted molar refractivity (Wildman–Crippen MR) is 156 cm³/mol. The molecule has 0 atom stereocenters. The first-order chi connectivity index (χ1) is 19.0. The van der Waals surface area contributed by atoms with Crippen LogP contribution in [0.1, 0.15) is 26.3 Å². The van der Waals surface area contributed by atoms with E-state index in [0.717, 1.165) is 35.8 Å². The van der Waals surface area contributed by atoms with Crippen LogP contribution in [0, 0.1) is 0 Å². The highest BCUT2D eigenvalue weighted by Gasteiger charge is 2.17. The molecule has 0 radical (unpaired) electrons. The van der Waals surface area contributed by atoms with E-state index in [2.05, 4.69) is 39.5 Å². The fourth-order valence-electron chi connectivity index (χ4n) is 3.99. The number of nitrogens with zero attached hydrogens (tertiary/aromatic N) is 5. The van der Waals surface area contributed by atoms with Crippen LogP contribution in [0.25, 0.3) is 17.1 Å². The number of anilines is 1. The first kappa shape index (κ1) is 27.7. The van der Waals surface area contributed by atoms with Gasteiger partial charge < -0.3 is 14.7 Å². The van der Waals surface area contributed by atoms with Gasteiger partial charge in [-0.25, -0.2) is 5.43 Å². The molecular formula is C29H32N6O3S. The zero-order valence-corrected chi connectivity index (χ0v) is 23.1. The van der Waals surface area contributed by atoms with Gasteiger partial charge in [0, 0.05) is 41.7 Å². The second kappa shape index (κ2) is 13.5. The van der Waals surface area contributed by atoms with Crippen molar-refractivity contribution < 1.29 is 14.6 Å². The van der Waals surface area contributed by atoms with Crippen molar-refractivity contribution in [2.24, 2.45) is 5.10 Å². The van der Waals surface area contributed by atoms with Crippen LogP contribution >= 0.6 is 11.8 Å². The molecule has 0 fully saturated rings. The van der Waals surface area contributed by atoms with Crippen molar-refractivity contribution >= 4 is 29.6 Å². The van der Waals surface area contributed by atoms with Gasteiger partial charge in [0.1, 0.15) is 11.5 Å². The molecule has 2 N–H and O–H groups in total. The molecule has 1 amide bonds. The lowest BCUT2D eigenvalue weighted by Crippen LogP contribution is -2.21. The number of carbonyl (C=O) groups excluding carboxylic acids is 1. The highest BCUT2D eigenvalue weighted by Crippen LogP contribution is 2.29. The van der Waals surface area contributed by atoms with Crippen molar-refractivity contribution in [1.82, 2.24) is 20.2 Å². The molecule has 0 unspecified atom stereocenters. The molecule has 3 aromatic carbocycles. The maximum Gasteiger partial charge on any atom is 0.250 e. The minimum atomic E-state index is -0.307. The molecule has 0 aliphatic heterocycles. The SMILES string of the molecule is CCOc1ccc(-n2c(SCC(=O)N/N=C\c3ccc(N(CC)CC)cc3O)nnc2-c2ccccc2)cc1. The van der Waals surface area contributed by atoms with Crippen LogP contribution in [0.15, 0.2) is 83.1 Å². The number of benzene rings is 3. The van der Waals surface area contributed by atoms with E-state index in [-0.39, 0.29) is 17.4 Å². The van der Waals surface area contributed by atoms with Gasteiger partial charge in [0.05, 0.1) is 18.6 Å². The summed E-state index contributed by atoms with van der Waals surface area (Å²) in [4.78, 5) is 14.7. The first-order valence-corrected chi connectivity index (χ1v) is 13.8. The second-order valence-electron chi connectivity index (χ2n) is 8.43. The average molecular weight is 545 g/mol. The number of phenolic OH excluding ortho intramolecular Hbond substituents is 1. The topological polar surface area (TPSA) is 105 Å². The summed E-state index contributed by atoms with van der Waals surface area (Å²) in [5.41, 5.74) is 5.73. The molecular weight excluding hydrogens is 512 g/mol. The fourth-order valence-corrected chi connectivity index (χ4v) is 4.74. The number of nitrogens with one attached hydrogen (secondary N) is 1. The summed E-state index contributed by atoms with van der Waals surface area (Å²) in [7, 11) is 0. The maximum atomic E-state index is 12.6. The smallest absolute Gasteiger partial charge is 0.250 e. The number of hydrazone groups is 1. The molecule has 202 valence electrons. The monoisotopic (exact) mass is 544 g/mol. The third-order valence-electron chi connectivity index (χ3n) is 5.94. The molecule has 1 heterocycles. The van der Waals surface area contributed by atoms with Gasteiger partial charge >= 0.3 is 0 Å². The highest BCUT2D eigenvalue weighted by atomic mass is 32.2. The summed E-state index contributed by atoms with van der Waals surface area (Å²) in [6, 6.07) is 22.8. The summed E-state index contributed by atoms with van der Waals surface area (Å²) in [5, 5.41) is 23.7. The molecule has 0 saturated heterocycles. The van der Waals surface area contributed by atoms with Gasteiger partial charge in [-0.15, -0.1) is 10.2 Å². The Morgan fingerprint density at radius 2 is 1.79 bits per heavy atom. The van der Waals surface area contributed by atoms with E-state index in [1.165, 1.54) is 18.0 Å². The van der Waals surface area contributed by atoms with Gasteiger partial charge in [-0.3, -0.25) is 9.36 Å². The number of amides is 1. The number of aromatic nitrogens is 3. The third kappa shape index (κ3) is 6.97. The Balaban J connectivity index is 1.45. The largest absolute Gasteiger partial charge is 0.507 e. The quantitative estimate of drug-likeness (QED) is 0.145. The third-order valence-corrected chi connectivity index (χ3v) is 6.87. The lowest BCUT2D eigenvalue weighted by Gasteiger charge is -2.21. The minimum Gasteiger partial charge on any atom is -0.507 e. The van der Waals surface area contributed by atoms with E-state index < -0.39 is 0 Å². The predicted octanol–water partition coefficient (Wildman–Crippen LogP) is 5.13. The zero-order valence-electron chi connectivity index (χ0n) is 22.2. The number of hydrogen-bond donors (Lipinski definition) is 2. The van der Waals surface area contributed by atoms with Gasteiger partial charge in [-0.1, -0.05) is 42.1 Å². The fraction of sp³-hybridized carbons (Fsp3) is 0.241. The van der Waals surface area contributed by atoms with Crippen LogP contribution in [0.5, 0.6) is 11.5 Å². The summed E-state index contributed by atoms with van der Waals surface area (Å²) >= 11 is 1.26. The van der Waals surface area contributed by atoms with Crippen molar-refractivity contribution in [3.63, 3.8) is 0 Å². The van der Waals surface area contributed by atoms with Crippen LogP contribution in [-0.4, -0.2) is 57.4 Å². The average Bonchev–Trinajstić information content (AvgIpc) is 3.39. The second-order valence-corrected chi connectivity index (χ2v) is 9.37. The number of phenols is 1. The standard InChI is InChI=1S/C29H32N6O3S/c1-4-34(5-2)24-13-12-22(26(36)18-24)19-30-31-27(37)20-39-29-33-32-28(21-10-8-7-9-11-21)35(29)23-14-16-25(17-15-23)38-6-3/h7-19,36H,4-6,20H2,1-3H3,(H,31,37)/b30-19-. The van der Waals surface area contributed by atoms with Gasteiger partial charge in [0.15, 0.2) is 11.0 Å². The van der Waals surface area contributed by atoms with E-state index in [9.17, 15) is 9.90 Å². The number of aromatic hydroxyl groups is 1. The van der Waals surface area contributed by atoms with E-state index in [4.69, 9.17) is 4.74 Å². The molecule has 0 bridgehead atoms. The minimum absolute atomic E-state index is 0.0776. The van der Waals surface area contributed by atoms with E-state index in [1.54, 1.807) is 12.1 Å². The van der Waals surface area contributed by atoms with E-state index in [1.807, 2.05) is 72.2 Å². The Labute approximate surface area is 232 Å². The highest BCUT2D eigenvalue weighted by molar-refractivity contribution is 7.99. The normalized spacial score (nSPS) is 11.1. The van der Waals surface area contributed by atoms with Gasteiger partial charge in [-0.05, 0) is 57.2 Å². The first-order valence-electron chi connectivity index (χ1n) is 12.8. The summed E-state index contributed by atoms with van der Waals surface area (Å²) < 4.78 is 7.49. The Bertz CT molecular complexity index is 1400. The molecule has 4 aromatic rings. The Hall–Kier alpha value is -4.31. The van der Waals surface area contributed by atoms with Crippen molar-refractivity contribution in [3.05, 3.63) is 78.4 Å². The number of carbonyl (C=O) groups is 1. The van der Waals surface area contributed by atoms with Gasteiger partial charge in [0.2, 0.25) is 0 Å². The van der Waals surface area contributed by atoms with Crippen molar-refractivity contribution in [2.75, 3.05) is 30.3 Å². The molecule has 39 heavy (non-hydrogen) atoms. The lowest BCUT2D eigenvalue weighted by atomic mass is 10.2. The number of rotatable bonds is 12. The number of thioether (sulfide) groups is 1. The number of hydrogen-bond acceptors (Lipinski definition) is 8. The molecule has 0 aliphatic rings. The summed E-state index contributed by atoms with van der Waals surface area (Å²) in [6.45, 7) is 8.34. The molecule has 1 aromatic heterocycles. The summed E-state index contributed by atoms with van der Waals surface area (Å²) in [6.07, 6.45) is 1.43. The summed E-state index contributed by atoms with van der Waals surface area (Å²) in [5.74, 6) is 1.32. The molecule has 10 heteroatoms. The van der Waals surface area contributed by atoms with Gasteiger partial charge in [0.25, 0.3) is 5.91 Å². The maximum absolute atomic E-state index is 12.6. The Kier molecular flexibility index (Phi) is 9.58. The van der Waals surface area contributed by atoms with E-state index >= 15 is 0 Å². The van der Waals surface area contributed by atoms with Crippen molar-refractivity contribution in [1.29, 1.82) is 0 Å².